The second kappa shape index (κ2) is 5.06. The lowest BCUT2D eigenvalue weighted by molar-refractivity contribution is -0.675. The van der Waals surface area contributed by atoms with Gasteiger partial charge >= 0.3 is 18.0 Å². The molecule has 0 spiro atoms. The zero-order valence-corrected chi connectivity index (χ0v) is 9.31. The maximum atomic E-state index is 13.4. The molecule has 0 fully saturated rings. The summed E-state index contributed by atoms with van der Waals surface area (Å²) in [6.45, 7) is 0. The van der Waals surface area contributed by atoms with Crippen LogP contribution in [-0.4, -0.2) is 22.9 Å². The number of azo groups is 1. The van der Waals surface area contributed by atoms with Crippen molar-refractivity contribution >= 4 is 5.69 Å². The van der Waals surface area contributed by atoms with Gasteiger partial charge in [0.25, 0.3) is 0 Å². The van der Waals surface area contributed by atoms with Gasteiger partial charge in [-0.25, -0.2) is 0 Å². The van der Waals surface area contributed by atoms with Gasteiger partial charge in [0.1, 0.15) is 4.92 Å². The molecular formula is C9H5F6N3O2. The van der Waals surface area contributed by atoms with Crippen molar-refractivity contribution in [1.82, 2.24) is 0 Å². The second-order valence-corrected chi connectivity index (χ2v) is 3.45. The van der Waals surface area contributed by atoms with E-state index in [9.17, 15) is 36.5 Å². The molecule has 0 amide bonds. The van der Waals surface area contributed by atoms with Crippen molar-refractivity contribution in [1.29, 1.82) is 0 Å². The van der Waals surface area contributed by atoms with Gasteiger partial charge in [0.2, 0.25) is 0 Å². The van der Waals surface area contributed by atoms with Crippen LogP contribution in [0.4, 0.5) is 32.0 Å². The molecule has 1 aromatic rings. The molecule has 0 heterocycles. The van der Waals surface area contributed by atoms with Gasteiger partial charge in [-0.05, 0) is 12.1 Å². The van der Waals surface area contributed by atoms with Gasteiger partial charge in [0, 0.05) is 0 Å². The van der Waals surface area contributed by atoms with E-state index in [1.165, 1.54) is 18.2 Å². The number of benzene rings is 1. The predicted molar refractivity (Wildman–Crippen MR) is 52.8 cm³/mol. The first-order valence-electron chi connectivity index (χ1n) is 4.78. The fraction of sp³-hybridized carbons (Fsp3) is 0.333. The minimum absolute atomic E-state index is 0.377. The summed E-state index contributed by atoms with van der Waals surface area (Å²) in [7, 11) is 0. The molecule has 110 valence electrons. The lowest BCUT2D eigenvalue weighted by Gasteiger charge is -2.23. The van der Waals surface area contributed by atoms with Crippen LogP contribution in [0, 0.1) is 10.1 Å². The number of nitro groups is 1. The molecule has 1 unspecified atom stereocenters. The molecule has 1 atom stereocenters. The molecule has 5 nitrogen and oxygen atoms in total. The summed E-state index contributed by atoms with van der Waals surface area (Å²) < 4.78 is 76.2. The van der Waals surface area contributed by atoms with Gasteiger partial charge in [-0.3, -0.25) is 10.1 Å². The van der Waals surface area contributed by atoms with Crippen LogP contribution in [0.25, 0.3) is 0 Å². The Morgan fingerprint density at radius 2 is 1.50 bits per heavy atom. The minimum atomic E-state index is -6.32. The van der Waals surface area contributed by atoms with Crippen molar-refractivity contribution < 1.29 is 31.3 Å². The number of hydrogen-bond donors (Lipinski definition) is 0. The highest BCUT2D eigenvalue weighted by molar-refractivity contribution is 5.34. The van der Waals surface area contributed by atoms with E-state index in [2.05, 4.69) is 5.11 Å². The third-order valence-electron chi connectivity index (χ3n) is 2.06. The Kier molecular flexibility index (Phi) is 4.01. The molecule has 0 aromatic heterocycles. The molecule has 0 aliphatic carbocycles. The Balaban J connectivity index is 3.28. The van der Waals surface area contributed by atoms with Crippen LogP contribution < -0.4 is 0 Å². The summed E-state index contributed by atoms with van der Waals surface area (Å²) in [4.78, 5) is 7.24. The minimum Gasteiger partial charge on any atom is -0.259 e. The van der Waals surface area contributed by atoms with Crippen LogP contribution in [0.5, 0.6) is 0 Å². The fourth-order valence-corrected chi connectivity index (χ4v) is 1.03. The van der Waals surface area contributed by atoms with Crippen molar-refractivity contribution in [3.05, 3.63) is 40.4 Å². The molecule has 0 radical (unpaired) electrons. The number of hydrogen-bond acceptors (Lipinski definition) is 4. The van der Waals surface area contributed by atoms with Gasteiger partial charge < -0.3 is 0 Å². The molecule has 11 heteroatoms. The average molecular weight is 301 g/mol. The molecule has 1 rings (SSSR count). The van der Waals surface area contributed by atoms with Crippen molar-refractivity contribution in [2.75, 3.05) is 0 Å². The topological polar surface area (TPSA) is 67.9 Å². The van der Waals surface area contributed by atoms with Crippen LogP contribution in [0.15, 0.2) is 40.6 Å². The Morgan fingerprint density at radius 3 is 1.90 bits per heavy atom. The number of alkyl halides is 6. The van der Waals surface area contributed by atoms with E-state index in [0.29, 0.717) is 0 Å². The number of rotatable bonds is 4. The monoisotopic (exact) mass is 301 g/mol. The molecule has 0 N–H and O–H groups in total. The van der Waals surface area contributed by atoms with Gasteiger partial charge in [-0.15, -0.1) is 13.9 Å². The lowest BCUT2D eigenvalue weighted by Crippen LogP contribution is -2.57. The fourth-order valence-electron chi connectivity index (χ4n) is 1.03. The smallest absolute Gasteiger partial charge is 0.259 e. The van der Waals surface area contributed by atoms with E-state index >= 15 is 0 Å². The van der Waals surface area contributed by atoms with Crippen molar-refractivity contribution in [2.45, 2.75) is 18.0 Å². The third-order valence-corrected chi connectivity index (χ3v) is 2.06. The quantitative estimate of drug-likeness (QED) is 0.278. The first-order valence-corrected chi connectivity index (χ1v) is 4.78. The van der Waals surface area contributed by atoms with E-state index < -0.39 is 22.9 Å². The Hall–Kier alpha value is -2.20. The van der Waals surface area contributed by atoms with Gasteiger partial charge in [0.15, 0.2) is 0 Å². The number of halogens is 6. The summed E-state index contributed by atoms with van der Waals surface area (Å²) in [6, 6.07) is 0.0524. The van der Waals surface area contributed by atoms with Crippen LogP contribution in [-0.2, 0) is 0 Å². The van der Waals surface area contributed by atoms with Crippen LogP contribution in [0.1, 0.15) is 0 Å². The molecule has 1 aromatic carbocycles. The summed E-state index contributed by atoms with van der Waals surface area (Å²) in [5.74, 6) is -5.76. The SMILES string of the molecule is O=[N+]([O-])C(F)(F)C(F)(N=Nc1ccccc1)C(F)(F)F. The number of nitrogens with zero attached hydrogens (tertiary/aromatic N) is 3. The van der Waals surface area contributed by atoms with Gasteiger partial charge in [-0.2, -0.15) is 22.7 Å². The third kappa shape index (κ3) is 2.70. The van der Waals surface area contributed by atoms with Crippen molar-refractivity contribution in [3.63, 3.8) is 0 Å². The molecule has 0 saturated carbocycles. The molecular weight excluding hydrogens is 296 g/mol. The van der Waals surface area contributed by atoms with E-state index in [0.717, 1.165) is 12.1 Å². The maximum Gasteiger partial charge on any atom is 0.578 e. The van der Waals surface area contributed by atoms with Crippen LogP contribution in [0.2, 0.25) is 0 Å². The highest BCUT2D eigenvalue weighted by atomic mass is 19.4. The molecule has 0 aliphatic rings. The largest absolute Gasteiger partial charge is 0.578 e. The van der Waals surface area contributed by atoms with Crippen LogP contribution >= 0.6 is 0 Å². The van der Waals surface area contributed by atoms with E-state index in [1.807, 2.05) is 5.11 Å². The summed E-state index contributed by atoms with van der Waals surface area (Å²) >= 11 is 0. The van der Waals surface area contributed by atoms with Crippen molar-refractivity contribution in [3.8, 4) is 0 Å². The molecule has 0 aliphatic heterocycles. The van der Waals surface area contributed by atoms with E-state index in [-0.39, 0.29) is 5.69 Å². The second-order valence-electron chi connectivity index (χ2n) is 3.45. The lowest BCUT2D eigenvalue weighted by atomic mass is 10.2. The first kappa shape index (κ1) is 15.9. The Labute approximate surface area is 107 Å². The van der Waals surface area contributed by atoms with Gasteiger partial charge in [0.05, 0.1) is 5.69 Å². The zero-order valence-electron chi connectivity index (χ0n) is 9.31. The van der Waals surface area contributed by atoms with Crippen LogP contribution in [0.3, 0.4) is 0 Å². The standard InChI is InChI=1S/C9H5F6N3O2/c10-7(8(11,12)13,9(14,15)18(19)20)17-16-6-4-2-1-3-5-6/h1-5H. The highest BCUT2D eigenvalue weighted by Crippen LogP contribution is 2.47. The summed E-state index contributed by atoms with van der Waals surface area (Å²) in [6.07, 6.45) is -6.32. The maximum absolute atomic E-state index is 13.4. The summed E-state index contributed by atoms with van der Waals surface area (Å²) in [5, 5.41) is 14.4. The van der Waals surface area contributed by atoms with E-state index in [1.54, 1.807) is 0 Å². The highest BCUT2D eigenvalue weighted by Gasteiger charge is 2.81. The Morgan fingerprint density at radius 1 is 1.00 bits per heavy atom. The summed E-state index contributed by atoms with van der Waals surface area (Å²) in [5.41, 5.74) is -0.377. The predicted octanol–water partition coefficient (Wildman–Crippen LogP) is 3.87. The average Bonchev–Trinajstić information content (AvgIpc) is 2.35. The molecule has 0 bridgehead atoms. The van der Waals surface area contributed by atoms with Crippen molar-refractivity contribution in [2.24, 2.45) is 10.2 Å². The Bertz CT molecular complexity index is 518. The molecule has 20 heavy (non-hydrogen) atoms. The normalized spacial score (nSPS) is 16.1. The van der Waals surface area contributed by atoms with E-state index in [4.69, 9.17) is 0 Å². The first-order chi connectivity index (χ1) is 9.02. The zero-order chi connectivity index (χ0) is 15.6. The van der Waals surface area contributed by atoms with Gasteiger partial charge in [-0.1, -0.05) is 18.2 Å². The molecule has 0 saturated heterocycles.